The lowest BCUT2D eigenvalue weighted by molar-refractivity contribution is 0.100. The molecule has 0 unspecified atom stereocenters. The zero-order valence-electron chi connectivity index (χ0n) is 9.84. The number of fused-ring (bicyclic) bond motifs is 1. The molecule has 0 saturated carbocycles. The molecule has 4 N–H and O–H groups in total. The maximum atomic E-state index is 11.1. The van der Waals surface area contributed by atoms with Gasteiger partial charge in [0.05, 0.1) is 12.1 Å². The van der Waals surface area contributed by atoms with E-state index in [0.717, 1.165) is 17.4 Å². The summed E-state index contributed by atoms with van der Waals surface area (Å²) in [6.07, 6.45) is 1.56. The number of aliphatic hydroxyl groups is 1. The Labute approximate surface area is 104 Å². The third-order valence-corrected chi connectivity index (χ3v) is 3.51. The van der Waals surface area contributed by atoms with Crippen LogP contribution < -0.4 is 11.1 Å². The lowest BCUT2D eigenvalue weighted by Crippen LogP contribution is -2.21. The van der Waals surface area contributed by atoms with Gasteiger partial charge in [0.15, 0.2) is 0 Å². The van der Waals surface area contributed by atoms with Gasteiger partial charge in [-0.05, 0) is 24.3 Å². The van der Waals surface area contributed by atoms with E-state index in [0.29, 0.717) is 12.1 Å². The highest BCUT2D eigenvalue weighted by Gasteiger charge is 2.26. The minimum absolute atomic E-state index is 0.0435. The molecule has 1 amide bonds. The second kappa shape index (κ2) is 4.12. The Morgan fingerprint density at radius 2 is 2.22 bits per heavy atom. The van der Waals surface area contributed by atoms with Crippen LogP contribution in [0, 0.1) is 0 Å². The van der Waals surface area contributed by atoms with Crippen LogP contribution in [0.2, 0.25) is 0 Å². The number of nitrogens with one attached hydrogen (secondary N) is 1. The van der Waals surface area contributed by atoms with Crippen molar-refractivity contribution in [2.45, 2.75) is 12.1 Å². The number of amides is 1. The maximum Gasteiger partial charge on any atom is 0.248 e. The Hall–Kier alpha value is -1.85. The molecule has 2 heterocycles. The van der Waals surface area contributed by atoms with Crippen molar-refractivity contribution >= 4 is 16.8 Å². The third kappa shape index (κ3) is 1.68. The molecule has 0 bridgehead atoms. The quantitative estimate of drug-likeness (QED) is 0.709. The number of β-amino-alcohol motifs (C(OH)–C–C–N with tert-alkyl or cyclic N) is 1. The normalized spacial score (nSPS) is 23.6. The van der Waals surface area contributed by atoms with E-state index in [9.17, 15) is 9.90 Å². The molecule has 0 aliphatic carbocycles. The van der Waals surface area contributed by atoms with Crippen LogP contribution >= 0.6 is 0 Å². The van der Waals surface area contributed by atoms with E-state index in [1.165, 1.54) is 0 Å². The predicted molar refractivity (Wildman–Crippen MR) is 68.4 cm³/mol. The van der Waals surface area contributed by atoms with Crippen molar-refractivity contribution in [1.82, 2.24) is 9.88 Å². The fourth-order valence-corrected chi connectivity index (χ4v) is 2.54. The molecule has 1 saturated heterocycles. The molecule has 0 spiro atoms. The van der Waals surface area contributed by atoms with Gasteiger partial charge >= 0.3 is 0 Å². The molecule has 1 aromatic heterocycles. The van der Waals surface area contributed by atoms with E-state index in [2.05, 4.69) is 5.32 Å². The molecule has 2 aromatic rings. The summed E-state index contributed by atoms with van der Waals surface area (Å²) >= 11 is 0. The van der Waals surface area contributed by atoms with Gasteiger partial charge in [0.2, 0.25) is 5.91 Å². The summed E-state index contributed by atoms with van der Waals surface area (Å²) in [4.78, 5) is 11.1. The molecule has 94 valence electrons. The summed E-state index contributed by atoms with van der Waals surface area (Å²) in [7, 11) is 0. The van der Waals surface area contributed by atoms with Crippen LogP contribution in [0.4, 0.5) is 0 Å². The van der Waals surface area contributed by atoms with E-state index in [4.69, 9.17) is 5.73 Å². The Balaban J connectivity index is 2.07. The van der Waals surface area contributed by atoms with Crippen molar-refractivity contribution < 1.29 is 9.90 Å². The molecule has 1 aliphatic rings. The SMILES string of the molecule is NC(=O)c1ccc2c(ccn2[C@@H]2CNC[C@H]2O)c1. The monoisotopic (exact) mass is 245 g/mol. The zero-order valence-corrected chi connectivity index (χ0v) is 9.84. The molecular weight excluding hydrogens is 230 g/mol. The summed E-state index contributed by atoms with van der Waals surface area (Å²) in [6, 6.07) is 7.36. The average Bonchev–Trinajstić information content (AvgIpc) is 2.93. The van der Waals surface area contributed by atoms with Gasteiger partial charge in [-0.15, -0.1) is 0 Å². The first kappa shape index (κ1) is 11.3. The largest absolute Gasteiger partial charge is 0.390 e. The third-order valence-electron chi connectivity index (χ3n) is 3.51. The molecule has 1 fully saturated rings. The van der Waals surface area contributed by atoms with Crippen molar-refractivity contribution in [2.24, 2.45) is 5.73 Å². The summed E-state index contributed by atoms with van der Waals surface area (Å²) in [5.74, 6) is -0.424. The van der Waals surface area contributed by atoms with Gasteiger partial charge < -0.3 is 20.7 Å². The predicted octanol–water partition coefficient (Wildman–Crippen LogP) is 0.245. The van der Waals surface area contributed by atoms with Gasteiger partial charge in [0.25, 0.3) is 0 Å². The second-order valence-corrected chi connectivity index (χ2v) is 4.65. The number of rotatable bonds is 2. The van der Waals surface area contributed by atoms with E-state index >= 15 is 0 Å². The van der Waals surface area contributed by atoms with Crippen molar-refractivity contribution in [1.29, 1.82) is 0 Å². The first-order valence-electron chi connectivity index (χ1n) is 5.96. The van der Waals surface area contributed by atoms with Crippen LogP contribution in [0.5, 0.6) is 0 Å². The van der Waals surface area contributed by atoms with Crippen molar-refractivity contribution in [3.8, 4) is 0 Å². The van der Waals surface area contributed by atoms with Gasteiger partial charge in [-0.3, -0.25) is 4.79 Å². The number of carbonyl (C=O) groups is 1. The first-order valence-corrected chi connectivity index (χ1v) is 5.96. The van der Waals surface area contributed by atoms with Crippen LogP contribution in [0.25, 0.3) is 10.9 Å². The van der Waals surface area contributed by atoms with Gasteiger partial charge in [-0.25, -0.2) is 0 Å². The zero-order chi connectivity index (χ0) is 12.7. The molecular formula is C13H15N3O2. The van der Waals surface area contributed by atoms with E-state index in [1.807, 2.05) is 22.9 Å². The Bertz CT molecular complexity index is 605. The highest BCUT2D eigenvalue weighted by atomic mass is 16.3. The van der Waals surface area contributed by atoms with Crippen LogP contribution in [-0.2, 0) is 0 Å². The lowest BCUT2D eigenvalue weighted by Gasteiger charge is -2.17. The van der Waals surface area contributed by atoms with Crippen LogP contribution in [-0.4, -0.2) is 34.8 Å². The number of benzene rings is 1. The van der Waals surface area contributed by atoms with E-state index in [-0.39, 0.29) is 12.1 Å². The number of nitrogens with two attached hydrogens (primary N) is 1. The maximum absolute atomic E-state index is 11.1. The Kier molecular flexibility index (Phi) is 2.57. The van der Waals surface area contributed by atoms with Crippen molar-refractivity contribution in [3.05, 3.63) is 36.0 Å². The minimum atomic E-state index is -0.424. The van der Waals surface area contributed by atoms with Gasteiger partial charge in [-0.1, -0.05) is 0 Å². The van der Waals surface area contributed by atoms with E-state index in [1.54, 1.807) is 12.1 Å². The minimum Gasteiger partial charge on any atom is -0.390 e. The van der Waals surface area contributed by atoms with Crippen molar-refractivity contribution in [2.75, 3.05) is 13.1 Å². The smallest absolute Gasteiger partial charge is 0.248 e. The molecule has 1 aliphatic heterocycles. The number of hydrogen-bond donors (Lipinski definition) is 3. The first-order chi connectivity index (χ1) is 8.66. The highest BCUT2D eigenvalue weighted by Crippen LogP contribution is 2.24. The number of aromatic nitrogens is 1. The fraction of sp³-hybridized carbons (Fsp3) is 0.308. The number of nitrogens with zero attached hydrogens (tertiary/aromatic N) is 1. The topological polar surface area (TPSA) is 80.3 Å². The molecule has 0 radical (unpaired) electrons. The number of primary amides is 1. The highest BCUT2D eigenvalue weighted by molar-refractivity contribution is 5.97. The lowest BCUT2D eigenvalue weighted by atomic mass is 10.1. The van der Waals surface area contributed by atoms with Gasteiger partial charge in [0.1, 0.15) is 0 Å². The molecule has 18 heavy (non-hydrogen) atoms. The number of hydrogen-bond acceptors (Lipinski definition) is 3. The molecule has 5 heteroatoms. The standard InChI is InChI=1S/C13H15N3O2/c14-13(18)9-1-2-10-8(5-9)3-4-16(10)11-6-15-7-12(11)17/h1-5,11-12,15,17H,6-7H2,(H2,14,18)/t11-,12-/m1/s1. The molecule has 5 nitrogen and oxygen atoms in total. The van der Waals surface area contributed by atoms with Gasteiger partial charge in [-0.2, -0.15) is 0 Å². The van der Waals surface area contributed by atoms with Crippen LogP contribution in [0.1, 0.15) is 16.4 Å². The number of carbonyl (C=O) groups excluding carboxylic acids is 1. The summed E-state index contributed by atoms with van der Waals surface area (Å²) in [5, 5.41) is 14.0. The summed E-state index contributed by atoms with van der Waals surface area (Å²) < 4.78 is 2.05. The van der Waals surface area contributed by atoms with Gasteiger partial charge in [0, 0.05) is 35.8 Å². The molecule has 3 rings (SSSR count). The van der Waals surface area contributed by atoms with Crippen LogP contribution in [0.3, 0.4) is 0 Å². The summed E-state index contributed by atoms with van der Waals surface area (Å²) in [6.45, 7) is 1.37. The number of aliphatic hydroxyl groups excluding tert-OH is 1. The Morgan fingerprint density at radius 3 is 2.89 bits per heavy atom. The van der Waals surface area contributed by atoms with Crippen LogP contribution in [0.15, 0.2) is 30.5 Å². The fourth-order valence-electron chi connectivity index (χ4n) is 2.54. The molecule has 2 atom stereocenters. The second-order valence-electron chi connectivity index (χ2n) is 4.65. The van der Waals surface area contributed by atoms with Crippen molar-refractivity contribution in [3.63, 3.8) is 0 Å². The Morgan fingerprint density at radius 1 is 1.39 bits per heavy atom. The average molecular weight is 245 g/mol. The van der Waals surface area contributed by atoms with E-state index < -0.39 is 5.91 Å². The molecule has 1 aromatic carbocycles. The summed E-state index contributed by atoms with van der Waals surface area (Å²) in [5.41, 5.74) is 6.77.